The number of aromatic carboxylic acids is 1. The van der Waals surface area contributed by atoms with Gasteiger partial charge >= 0.3 is 5.97 Å². The number of anilines is 1. The van der Waals surface area contributed by atoms with Crippen LogP contribution < -0.4 is 10.3 Å². The minimum absolute atomic E-state index is 0.0414. The van der Waals surface area contributed by atoms with Gasteiger partial charge in [0.2, 0.25) is 5.43 Å². The lowest BCUT2D eigenvalue weighted by Crippen LogP contribution is -2.45. The molecule has 10 nitrogen and oxygen atoms in total. The van der Waals surface area contributed by atoms with Crippen LogP contribution in [0.3, 0.4) is 0 Å². The first-order valence-corrected chi connectivity index (χ1v) is 10.8. The number of piperidine rings is 1. The average Bonchev–Trinajstić information content (AvgIpc) is 3.27. The van der Waals surface area contributed by atoms with E-state index in [-0.39, 0.29) is 22.3 Å². The third-order valence-corrected chi connectivity index (χ3v) is 6.38. The molecule has 0 aliphatic carbocycles. The second kappa shape index (κ2) is 8.40. The van der Waals surface area contributed by atoms with E-state index in [0.29, 0.717) is 45.2 Å². The number of hydrogen-bond donors (Lipinski definition) is 1. The molecule has 0 atom stereocenters. The van der Waals surface area contributed by atoms with Crippen LogP contribution in [0.15, 0.2) is 41.3 Å². The van der Waals surface area contributed by atoms with E-state index < -0.39 is 45.0 Å². The SMILES string of the molecule is O=C(O)c1cn(-c2ccc(F)cc2F)c2cc(N3CCC4(CC3)OCCO4)c([N+](=O)[O-])cc2c1=O. The summed E-state index contributed by atoms with van der Waals surface area (Å²) in [5, 5.41) is 21.2. The van der Waals surface area contributed by atoms with Crippen LogP contribution in [0.5, 0.6) is 0 Å². The molecular formula is C23H19F2N3O7. The molecule has 2 aliphatic rings. The molecule has 2 aromatic carbocycles. The van der Waals surface area contributed by atoms with Crippen molar-refractivity contribution in [2.24, 2.45) is 0 Å². The fourth-order valence-electron chi connectivity index (χ4n) is 4.65. The first-order chi connectivity index (χ1) is 16.7. The highest BCUT2D eigenvalue weighted by Gasteiger charge is 2.41. The molecule has 3 aromatic rings. The monoisotopic (exact) mass is 487 g/mol. The van der Waals surface area contributed by atoms with Crippen LogP contribution in [0.2, 0.25) is 0 Å². The number of nitro groups is 1. The molecule has 2 fully saturated rings. The number of benzene rings is 2. The molecule has 12 heteroatoms. The zero-order valence-electron chi connectivity index (χ0n) is 18.2. The van der Waals surface area contributed by atoms with Gasteiger partial charge in [-0.15, -0.1) is 0 Å². The van der Waals surface area contributed by atoms with Crippen LogP contribution in [0.1, 0.15) is 23.2 Å². The van der Waals surface area contributed by atoms with Crippen LogP contribution in [0.25, 0.3) is 16.6 Å². The molecule has 1 aromatic heterocycles. The smallest absolute Gasteiger partial charge is 0.341 e. The van der Waals surface area contributed by atoms with Crippen LogP contribution in [-0.2, 0) is 9.47 Å². The van der Waals surface area contributed by atoms with Crippen molar-refractivity contribution in [3.05, 3.63) is 74.1 Å². The van der Waals surface area contributed by atoms with Crippen molar-refractivity contribution in [3.63, 3.8) is 0 Å². The summed E-state index contributed by atoms with van der Waals surface area (Å²) in [5.74, 6) is -4.15. The molecule has 2 saturated heterocycles. The van der Waals surface area contributed by atoms with Gasteiger partial charge in [-0.1, -0.05) is 0 Å². The van der Waals surface area contributed by atoms with Crippen molar-refractivity contribution in [2.45, 2.75) is 18.6 Å². The van der Waals surface area contributed by atoms with Gasteiger partial charge in [0.15, 0.2) is 5.79 Å². The normalized spacial score (nSPS) is 17.3. The van der Waals surface area contributed by atoms with Gasteiger partial charge in [-0.25, -0.2) is 13.6 Å². The fourth-order valence-corrected chi connectivity index (χ4v) is 4.65. The van der Waals surface area contributed by atoms with Crippen LogP contribution in [0, 0.1) is 21.7 Å². The maximum atomic E-state index is 14.7. The first kappa shape index (κ1) is 22.9. The number of carboxylic acids is 1. The topological polar surface area (TPSA) is 124 Å². The molecule has 0 bridgehead atoms. The molecular weight excluding hydrogens is 468 g/mol. The maximum Gasteiger partial charge on any atom is 0.341 e. The molecule has 0 amide bonds. The minimum Gasteiger partial charge on any atom is -0.477 e. The summed E-state index contributed by atoms with van der Waals surface area (Å²) >= 11 is 0. The van der Waals surface area contributed by atoms with Gasteiger partial charge in [-0.3, -0.25) is 14.9 Å². The Morgan fingerprint density at radius 2 is 1.77 bits per heavy atom. The standard InChI is InChI=1S/C23H19F2N3O7/c24-13-1-2-17(16(25)9-13)27-12-15(22(30)31)21(29)14-10-20(28(32)33)19(11-18(14)27)26-5-3-23(4-6-26)34-7-8-35-23/h1-2,9-12H,3-8H2,(H,30,31). The lowest BCUT2D eigenvalue weighted by molar-refractivity contribution is -0.384. The summed E-state index contributed by atoms with van der Waals surface area (Å²) in [6.07, 6.45) is 1.85. The quantitative estimate of drug-likeness (QED) is 0.440. The molecule has 182 valence electrons. The summed E-state index contributed by atoms with van der Waals surface area (Å²) in [6, 6.07) is 5.07. The highest BCUT2D eigenvalue weighted by molar-refractivity contribution is 5.96. The number of nitro benzene ring substituents is 1. The molecule has 0 saturated carbocycles. The molecule has 3 heterocycles. The number of hydrogen-bond acceptors (Lipinski definition) is 7. The van der Waals surface area contributed by atoms with Crippen LogP contribution in [-0.4, -0.2) is 52.7 Å². The number of halogens is 2. The van der Waals surface area contributed by atoms with E-state index in [9.17, 15) is 33.6 Å². The third kappa shape index (κ3) is 3.90. The number of ether oxygens (including phenoxy) is 2. The molecule has 1 N–H and O–H groups in total. The van der Waals surface area contributed by atoms with Gasteiger partial charge in [-0.2, -0.15) is 0 Å². The minimum atomic E-state index is -1.59. The molecule has 2 aliphatic heterocycles. The Bertz CT molecular complexity index is 1420. The predicted octanol–water partition coefficient (Wildman–Crippen LogP) is 3.22. The van der Waals surface area contributed by atoms with E-state index in [1.165, 1.54) is 6.07 Å². The van der Waals surface area contributed by atoms with Gasteiger partial charge in [0.1, 0.15) is 22.9 Å². The zero-order valence-corrected chi connectivity index (χ0v) is 18.2. The highest BCUT2D eigenvalue weighted by atomic mass is 19.1. The lowest BCUT2D eigenvalue weighted by Gasteiger charge is -2.38. The van der Waals surface area contributed by atoms with E-state index in [1.54, 1.807) is 4.90 Å². The van der Waals surface area contributed by atoms with Gasteiger partial charge < -0.3 is 24.0 Å². The van der Waals surface area contributed by atoms with Gasteiger partial charge in [0, 0.05) is 44.3 Å². The Morgan fingerprint density at radius 1 is 1.09 bits per heavy atom. The van der Waals surface area contributed by atoms with Crippen molar-refractivity contribution in [3.8, 4) is 5.69 Å². The van der Waals surface area contributed by atoms with Crippen molar-refractivity contribution in [1.82, 2.24) is 4.57 Å². The summed E-state index contributed by atoms with van der Waals surface area (Å²) in [4.78, 5) is 37.6. The number of aromatic nitrogens is 1. The summed E-state index contributed by atoms with van der Waals surface area (Å²) in [6.45, 7) is 1.65. The highest BCUT2D eigenvalue weighted by Crippen LogP contribution is 2.38. The van der Waals surface area contributed by atoms with Crippen LogP contribution >= 0.6 is 0 Å². The molecule has 0 unspecified atom stereocenters. The molecule has 1 spiro atoms. The van der Waals surface area contributed by atoms with Crippen LogP contribution in [0.4, 0.5) is 20.2 Å². The Balaban J connectivity index is 1.72. The summed E-state index contributed by atoms with van der Waals surface area (Å²) < 4.78 is 40.7. The van der Waals surface area contributed by atoms with Gasteiger partial charge in [0.05, 0.1) is 34.7 Å². The summed E-state index contributed by atoms with van der Waals surface area (Å²) in [5.41, 5.74) is -2.06. The zero-order chi connectivity index (χ0) is 24.9. The third-order valence-electron chi connectivity index (χ3n) is 6.38. The Hall–Kier alpha value is -3.90. The van der Waals surface area contributed by atoms with Crippen molar-refractivity contribution in [1.29, 1.82) is 0 Å². The number of carbonyl (C=O) groups is 1. The Morgan fingerprint density at radius 3 is 2.37 bits per heavy atom. The molecule has 0 radical (unpaired) electrons. The summed E-state index contributed by atoms with van der Waals surface area (Å²) in [7, 11) is 0. The fraction of sp³-hybridized carbons (Fsp3) is 0.304. The second-order valence-electron chi connectivity index (χ2n) is 8.35. The number of fused-ring (bicyclic) bond motifs is 1. The van der Waals surface area contributed by atoms with E-state index >= 15 is 0 Å². The Kier molecular flexibility index (Phi) is 5.49. The second-order valence-corrected chi connectivity index (χ2v) is 8.35. The van der Waals surface area contributed by atoms with E-state index in [2.05, 4.69) is 0 Å². The number of pyridine rings is 1. The van der Waals surface area contributed by atoms with Crippen molar-refractivity contribution >= 4 is 28.2 Å². The van der Waals surface area contributed by atoms with E-state index in [0.717, 1.165) is 29.0 Å². The number of nitrogens with zero attached hydrogens (tertiary/aromatic N) is 3. The van der Waals surface area contributed by atoms with Gasteiger partial charge in [0.25, 0.3) is 5.69 Å². The average molecular weight is 487 g/mol. The lowest BCUT2D eigenvalue weighted by atomic mass is 10.0. The van der Waals surface area contributed by atoms with Crippen molar-refractivity contribution < 1.29 is 33.1 Å². The number of carboxylic acid groups (broad SMARTS) is 1. The molecule has 35 heavy (non-hydrogen) atoms. The van der Waals surface area contributed by atoms with E-state index in [1.807, 2.05) is 0 Å². The van der Waals surface area contributed by atoms with Crippen molar-refractivity contribution in [2.75, 3.05) is 31.2 Å². The molecule has 5 rings (SSSR count). The van der Waals surface area contributed by atoms with E-state index in [4.69, 9.17) is 9.47 Å². The predicted molar refractivity (Wildman–Crippen MR) is 119 cm³/mol. The Labute approximate surface area is 196 Å². The number of rotatable bonds is 4. The largest absolute Gasteiger partial charge is 0.477 e. The first-order valence-electron chi connectivity index (χ1n) is 10.8. The maximum absolute atomic E-state index is 14.7. The van der Waals surface area contributed by atoms with Gasteiger partial charge in [-0.05, 0) is 18.2 Å².